The SMILES string of the molecule is CCC(CCCS(=O)c1ccccc1C)NC. The molecule has 2 unspecified atom stereocenters. The average molecular weight is 253 g/mol. The second-order valence-corrected chi connectivity index (χ2v) is 5.89. The van der Waals surface area contributed by atoms with Crippen molar-refractivity contribution in [2.45, 2.75) is 44.0 Å². The maximum absolute atomic E-state index is 12.1. The molecule has 0 bridgehead atoms. The lowest BCUT2D eigenvalue weighted by Crippen LogP contribution is -2.24. The van der Waals surface area contributed by atoms with E-state index < -0.39 is 10.8 Å². The normalized spacial score (nSPS) is 14.5. The summed E-state index contributed by atoms with van der Waals surface area (Å²) in [4.78, 5) is 0.991. The van der Waals surface area contributed by atoms with Crippen molar-refractivity contribution in [1.82, 2.24) is 5.32 Å². The Morgan fingerprint density at radius 3 is 2.65 bits per heavy atom. The lowest BCUT2D eigenvalue weighted by Gasteiger charge is -2.13. The van der Waals surface area contributed by atoms with E-state index in [9.17, 15) is 4.21 Å². The zero-order chi connectivity index (χ0) is 12.7. The standard InChI is InChI=1S/C14H23NOS/c1-4-13(15-3)9-7-11-17(16)14-10-6-5-8-12(14)2/h5-6,8,10,13,15H,4,7,9,11H2,1-3H3. The number of hydrogen-bond acceptors (Lipinski definition) is 2. The molecule has 0 heterocycles. The Labute approximate surface area is 107 Å². The predicted octanol–water partition coefficient (Wildman–Crippen LogP) is 2.88. The van der Waals surface area contributed by atoms with Crippen molar-refractivity contribution in [2.24, 2.45) is 0 Å². The number of hydrogen-bond donors (Lipinski definition) is 1. The molecule has 2 atom stereocenters. The Morgan fingerprint density at radius 1 is 1.35 bits per heavy atom. The summed E-state index contributed by atoms with van der Waals surface area (Å²) in [6.07, 6.45) is 3.25. The van der Waals surface area contributed by atoms with Crippen LogP contribution >= 0.6 is 0 Å². The summed E-state index contributed by atoms with van der Waals surface area (Å²) in [6.45, 7) is 4.20. The molecule has 0 saturated heterocycles. The summed E-state index contributed by atoms with van der Waals surface area (Å²) in [7, 11) is 1.15. The van der Waals surface area contributed by atoms with Gasteiger partial charge < -0.3 is 5.32 Å². The van der Waals surface area contributed by atoms with Crippen LogP contribution in [0, 0.1) is 6.92 Å². The molecule has 1 aromatic rings. The van der Waals surface area contributed by atoms with Crippen LogP contribution in [-0.4, -0.2) is 23.1 Å². The van der Waals surface area contributed by atoms with Crippen molar-refractivity contribution in [3.8, 4) is 0 Å². The Hall–Kier alpha value is -0.670. The molecule has 0 fully saturated rings. The number of aryl methyl sites for hydroxylation is 1. The van der Waals surface area contributed by atoms with Gasteiger partial charge in [-0.25, -0.2) is 0 Å². The second kappa shape index (κ2) is 7.62. The van der Waals surface area contributed by atoms with Crippen molar-refractivity contribution in [1.29, 1.82) is 0 Å². The minimum absolute atomic E-state index is 0.559. The molecule has 0 aliphatic carbocycles. The fraction of sp³-hybridized carbons (Fsp3) is 0.571. The van der Waals surface area contributed by atoms with Crippen LogP contribution < -0.4 is 5.32 Å². The molecule has 2 nitrogen and oxygen atoms in total. The smallest absolute Gasteiger partial charge is 0.0532 e. The van der Waals surface area contributed by atoms with Gasteiger partial charge in [-0.05, 0) is 44.9 Å². The predicted molar refractivity (Wildman–Crippen MR) is 74.8 cm³/mol. The van der Waals surface area contributed by atoms with E-state index in [-0.39, 0.29) is 0 Å². The van der Waals surface area contributed by atoms with E-state index >= 15 is 0 Å². The third-order valence-electron chi connectivity index (χ3n) is 3.12. The molecule has 0 aromatic heterocycles. The topological polar surface area (TPSA) is 29.1 Å². The lowest BCUT2D eigenvalue weighted by atomic mass is 10.1. The van der Waals surface area contributed by atoms with Crippen LogP contribution in [0.15, 0.2) is 29.2 Å². The first-order valence-electron chi connectivity index (χ1n) is 6.30. The molecule has 1 rings (SSSR count). The van der Waals surface area contributed by atoms with Crippen LogP contribution in [0.25, 0.3) is 0 Å². The summed E-state index contributed by atoms with van der Waals surface area (Å²) >= 11 is 0. The molecule has 1 aromatic carbocycles. The van der Waals surface area contributed by atoms with Gasteiger partial charge >= 0.3 is 0 Å². The fourth-order valence-electron chi connectivity index (χ4n) is 1.94. The Morgan fingerprint density at radius 2 is 2.06 bits per heavy atom. The van der Waals surface area contributed by atoms with E-state index in [1.54, 1.807) is 0 Å². The van der Waals surface area contributed by atoms with Crippen LogP contribution in [0.4, 0.5) is 0 Å². The molecule has 0 saturated carbocycles. The van der Waals surface area contributed by atoms with E-state index in [2.05, 4.69) is 12.2 Å². The maximum Gasteiger partial charge on any atom is 0.0532 e. The molecule has 1 N–H and O–H groups in total. The fourth-order valence-corrected chi connectivity index (χ4v) is 3.24. The van der Waals surface area contributed by atoms with Gasteiger partial charge in [0.05, 0.1) is 10.8 Å². The zero-order valence-electron chi connectivity index (χ0n) is 11.0. The number of nitrogens with one attached hydrogen (secondary N) is 1. The van der Waals surface area contributed by atoms with Gasteiger partial charge in [0.1, 0.15) is 0 Å². The van der Waals surface area contributed by atoms with Crippen LogP contribution in [0.3, 0.4) is 0 Å². The monoisotopic (exact) mass is 253 g/mol. The molecule has 17 heavy (non-hydrogen) atoms. The van der Waals surface area contributed by atoms with Crippen molar-refractivity contribution >= 4 is 10.8 Å². The molecular formula is C14H23NOS. The highest BCUT2D eigenvalue weighted by Crippen LogP contribution is 2.14. The van der Waals surface area contributed by atoms with Gasteiger partial charge in [0.15, 0.2) is 0 Å². The van der Waals surface area contributed by atoms with Crippen LogP contribution in [0.5, 0.6) is 0 Å². The van der Waals surface area contributed by atoms with Crippen LogP contribution in [0.1, 0.15) is 31.7 Å². The van der Waals surface area contributed by atoms with Gasteiger partial charge in [-0.3, -0.25) is 4.21 Å². The zero-order valence-corrected chi connectivity index (χ0v) is 11.8. The molecule has 96 valence electrons. The highest BCUT2D eigenvalue weighted by molar-refractivity contribution is 7.85. The number of rotatable bonds is 7. The largest absolute Gasteiger partial charge is 0.317 e. The third-order valence-corrected chi connectivity index (χ3v) is 4.73. The van der Waals surface area contributed by atoms with Crippen molar-refractivity contribution in [2.75, 3.05) is 12.8 Å². The van der Waals surface area contributed by atoms with Crippen LogP contribution in [0.2, 0.25) is 0 Å². The van der Waals surface area contributed by atoms with E-state index in [1.807, 2.05) is 38.2 Å². The molecule has 0 aliphatic rings. The molecule has 0 amide bonds. The molecule has 0 radical (unpaired) electrons. The average Bonchev–Trinajstić information content (AvgIpc) is 2.35. The molecule has 3 heteroatoms. The highest BCUT2D eigenvalue weighted by Gasteiger charge is 2.08. The third kappa shape index (κ3) is 4.60. The van der Waals surface area contributed by atoms with Gasteiger partial charge in [-0.15, -0.1) is 0 Å². The van der Waals surface area contributed by atoms with Crippen molar-refractivity contribution < 1.29 is 4.21 Å². The molecule has 0 spiro atoms. The van der Waals surface area contributed by atoms with Gasteiger partial charge in [-0.2, -0.15) is 0 Å². The van der Waals surface area contributed by atoms with Crippen molar-refractivity contribution in [3.63, 3.8) is 0 Å². The summed E-state index contributed by atoms with van der Waals surface area (Å²) in [6, 6.07) is 8.51. The number of benzene rings is 1. The first-order chi connectivity index (χ1) is 8.19. The summed E-state index contributed by atoms with van der Waals surface area (Å²) in [5, 5.41) is 3.28. The first-order valence-corrected chi connectivity index (χ1v) is 7.62. The summed E-state index contributed by atoms with van der Waals surface area (Å²) < 4.78 is 12.1. The molecular weight excluding hydrogens is 230 g/mol. The van der Waals surface area contributed by atoms with Gasteiger partial charge in [0.2, 0.25) is 0 Å². The van der Waals surface area contributed by atoms with Crippen LogP contribution in [-0.2, 0) is 10.8 Å². The second-order valence-electron chi connectivity index (χ2n) is 4.35. The maximum atomic E-state index is 12.1. The van der Waals surface area contributed by atoms with E-state index in [0.29, 0.717) is 6.04 Å². The Kier molecular flexibility index (Phi) is 6.45. The highest BCUT2D eigenvalue weighted by atomic mass is 32.2. The van der Waals surface area contributed by atoms with E-state index in [0.717, 1.165) is 35.5 Å². The minimum Gasteiger partial charge on any atom is -0.317 e. The summed E-state index contributed by atoms with van der Waals surface area (Å²) in [5.74, 6) is 0.767. The summed E-state index contributed by atoms with van der Waals surface area (Å²) in [5.41, 5.74) is 1.13. The van der Waals surface area contributed by atoms with Crippen molar-refractivity contribution in [3.05, 3.63) is 29.8 Å². The van der Waals surface area contributed by atoms with E-state index in [4.69, 9.17) is 0 Å². The van der Waals surface area contributed by atoms with Gasteiger partial charge in [0.25, 0.3) is 0 Å². The Balaban J connectivity index is 2.43. The molecule has 0 aliphatic heterocycles. The van der Waals surface area contributed by atoms with Gasteiger partial charge in [0, 0.05) is 16.7 Å². The lowest BCUT2D eigenvalue weighted by molar-refractivity contribution is 0.503. The first kappa shape index (κ1) is 14.4. The Bertz CT molecular complexity index is 361. The quantitative estimate of drug-likeness (QED) is 0.809. The van der Waals surface area contributed by atoms with Gasteiger partial charge in [-0.1, -0.05) is 25.1 Å². The van der Waals surface area contributed by atoms with E-state index in [1.165, 1.54) is 0 Å². The minimum atomic E-state index is -0.843.